The molecule has 0 spiro atoms. The van der Waals surface area contributed by atoms with Gasteiger partial charge in [-0.05, 0) is 55.0 Å². The number of nitrogens with zero attached hydrogens (tertiary/aromatic N) is 3. The molecule has 2 aliphatic rings. The first-order valence-electron chi connectivity index (χ1n) is 12.5. The number of piperazine rings is 1. The quantitative estimate of drug-likeness (QED) is 0.518. The van der Waals surface area contributed by atoms with E-state index >= 15 is 0 Å². The van der Waals surface area contributed by atoms with Crippen LogP contribution in [0, 0.1) is 6.92 Å². The molecule has 0 bridgehead atoms. The summed E-state index contributed by atoms with van der Waals surface area (Å²) < 4.78 is 5.39. The van der Waals surface area contributed by atoms with Crippen molar-refractivity contribution in [3.05, 3.63) is 87.1 Å². The zero-order valence-electron chi connectivity index (χ0n) is 21.1. The maximum Gasteiger partial charge on any atom is 0.257 e. The average Bonchev–Trinajstić information content (AvgIpc) is 3.37. The molecule has 2 amide bonds. The second-order valence-corrected chi connectivity index (χ2v) is 10.7. The van der Waals surface area contributed by atoms with Crippen LogP contribution in [0.5, 0.6) is 5.75 Å². The highest BCUT2D eigenvalue weighted by Crippen LogP contribution is 2.37. The van der Waals surface area contributed by atoms with E-state index in [2.05, 4.69) is 47.5 Å². The van der Waals surface area contributed by atoms with Crippen LogP contribution in [0.3, 0.4) is 0 Å². The molecule has 0 radical (unpaired) electrons. The van der Waals surface area contributed by atoms with Gasteiger partial charge in [0.25, 0.3) is 5.91 Å². The number of hydrogen-bond donors (Lipinski definition) is 0. The minimum Gasteiger partial charge on any atom is -0.496 e. The standard InChI is InChI=1S/C29H33N3O3S/c1-20-8-10-22(11-9-20)28-24-13-17-36-26(24)12-14-31(28)19-27(33)30-15-16-32(21(2)18-30)29(34)23-6-4-5-7-25(23)35-3/h4-11,13,17,21,28H,12,14-16,18-19H2,1-3H3/t21-,28+/m0/s1. The Hall–Kier alpha value is -3.16. The van der Waals surface area contributed by atoms with Crippen molar-refractivity contribution >= 4 is 23.2 Å². The molecule has 0 aliphatic carbocycles. The first-order chi connectivity index (χ1) is 17.5. The number of benzene rings is 2. The third-order valence-corrected chi connectivity index (χ3v) is 8.37. The number of rotatable bonds is 5. The minimum atomic E-state index is -0.0714. The Bertz CT molecular complexity index is 1240. The van der Waals surface area contributed by atoms with E-state index in [9.17, 15) is 9.59 Å². The summed E-state index contributed by atoms with van der Waals surface area (Å²) in [5.74, 6) is 0.655. The van der Waals surface area contributed by atoms with Crippen molar-refractivity contribution in [2.24, 2.45) is 0 Å². The minimum absolute atomic E-state index is 0.0486. The lowest BCUT2D eigenvalue weighted by molar-refractivity contribution is -0.135. The molecule has 3 heterocycles. The van der Waals surface area contributed by atoms with Gasteiger partial charge in [0, 0.05) is 37.1 Å². The molecule has 0 N–H and O–H groups in total. The predicted molar refractivity (Wildman–Crippen MR) is 143 cm³/mol. The molecule has 0 saturated carbocycles. The van der Waals surface area contributed by atoms with Crippen molar-refractivity contribution in [1.29, 1.82) is 0 Å². The Labute approximate surface area is 217 Å². The van der Waals surface area contributed by atoms with Crippen molar-refractivity contribution < 1.29 is 14.3 Å². The molecule has 1 saturated heterocycles. The molecule has 3 aromatic rings. The van der Waals surface area contributed by atoms with Crippen LogP contribution >= 0.6 is 11.3 Å². The second-order valence-electron chi connectivity index (χ2n) is 9.72. The van der Waals surface area contributed by atoms with E-state index in [0.717, 1.165) is 13.0 Å². The van der Waals surface area contributed by atoms with Crippen LogP contribution in [0.1, 0.15) is 44.9 Å². The summed E-state index contributed by atoms with van der Waals surface area (Å²) in [6, 6.07) is 18.2. The van der Waals surface area contributed by atoms with Gasteiger partial charge in [-0.1, -0.05) is 42.0 Å². The summed E-state index contributed by atoms with van der Waals surface area (Å²) in [6.07, 6.45) is 0.972. The van der Waals surface area contributed by atoms with Gasteiger partial charge in [0.05, 0.1) is 25.3 Å². The smallest absolute Gasteiger partial charge is 0.257 e. The lowest BCUT2D eigenvalue weighted by Crippen LogP contribution is -2.57. The van der Waals surface area contributed by atoms with Crippen LogP contribution in [0.25, 0.3) is 0 Å². The molecule has 36 heavy (non-hydrogen) atoms. The summed E-state index contributed by atoms with van der Waals surface area (Å²) in [4.78, 5) is 34.3. The van der Waals surface area contributed by atoms with Gasteiger partial charge in [-0.15, -0.1) is 11.3 Å². The molecular formula is C29H33N3O3S. The molecule has 0 unspecified atom stereocenters. The summed E-state index contributed by atoms with van der Waals surface area (Å²) >= 11 is 1.81. The van der Waals surface area contributed by atoms with Gasteiger partial charge in [-0.2, -0.15) is 0 Å². The van der Waals surface area contributed by atoms with Gasteiger partial charge >= 0.3 is 0 Å². The molecule has 7 heteroatoms. The van der Waals surface area contributed by atoms with Crippen molar-refractivity contribution in [3.63, 3.8) is 0 Å². The van der Waals surface area contributed by atoms with Crippen molar-refractivity contribution in [1.82, 2.24) is 14.7 Å². The number of fused-ring (bicyclic) bond motifs is 1. The number of thiophene rings is 1. The zero-order chi connectivity index (χ0) is 25.2. The Morgan fingerprint density at radius 1 is 1.03 bits per heavy atom. The average molecular weight is 504 g/mol. The van der Waals surface area contributed by atoms with Crippen LogP contribution in [0.2, 0.25) is 0 Å². The predicted octanol–water partition coefficient (Wildman–Crippen LogP) is 4.39. The molecule has 5 rings (SSSR count). The normalized spacial score (nSPS) is 20.2. The van der Waals surface area contributed by atoms with E-state index in [-0.39, 0.29) is 23.9 Å². The number of ether oxygens (including phenoxy) is 1. The van der Waals surface area contributed by atoms with Gasteiger partial charge < -0.3 is 14.5 Å². The summed E-state index contributed by atoms with van der Waals surface area (Å²) in [6.45, 7) is 6.94. The van der Waals surface area contributed by atoms with Gasteiger partial charge in [0.1, 0.15) is 5.75 Å². The lowest BCUT2D eigenvalue weighted by Gasteiger charge is -2.42. The highest BCUT2D eigenvalue weighted by molar-refractivity contribution is 7.10. The van der Waals surface area contributed by atoms with Crippen LogP contribution in [0.15, 0.2) is 60.0 Å². The Morgan fingerprint density at radius 2 is 1.81 bits per heavy atom. The first-order valence-corrected chi connectivity index (χ1v) is 13.4. The van der Waals surface area contributed by atoms with E-state index in [1.54, 1.807) is 19.2 Å². The topological polar surface area (TPSA) is 53.1 Å². The molecule has 1 fully saturated rings. The molecule has 2 aliphatic heterocycles. The second kappa shape index (κ2) is 10.4. The number of carbonyl (C=O) groups is 2. The van der Waals surface area contributed by atoms with E-state index in [1.807, 2.05) is 40.2 Å². The van der Waals surface area contributed by atoms with Gasteiger partial charge in [0.2, 0.25) is 5.91 Å². The summed E-state index contributed by atoms with van der Waals surface area (Å²) in [5.41, 5.74) is 4.35. The maximum absolute atomic E-state index is 13.5. The Balaban J connectivity index is 1.28. The van der Waals surface area contributed by atoms with Crippen LogP contribution in [-0.2, 0) is 11.2 Å². The molecule has 2 atom stereocenters. The Kier molecular flexibility index (Phi) is 7.12. The third-order valence-electron chi connectivity index (χ3n) is 7.38. The molecule has 2 aromatic carbocycles. The SMILES string of the molecule is COc1ccccc1C(=O)N1CCN(C(=O)CN2CCc3sccc3[C@H]2c2ccc(C)cc2)C[C@@H]1C. The van der Waals surface area contributed by atoms with Crippen molar-refractivity contribution in [2.75, 3.05) is 39.8 Å². The summed E-state index contributed by atoms with van der Waals surface area (Å²) in [5, 5.41) is 2.16. The fourth-order valence-electron chi connectivity index (χ4n) is 5.41. The molecule has 1 aromatic heterocycles. The van der Waals surface area contributed by atoms with E-state index in [1.165, 1.54) is 21.6 Å². The zero-order valence-corrected chi connectivity index (χ0v) is 22.0. The monoisotopic (exact) mass is 503 g/mol. The Morgan fingerprint density at radius 3 is 2.56 bits per heavy atom. The number of hydrogen-bond acceptors (Lipinski definition) is 5. The highest BCUT2D eigenvalue weighted by atomic mass is 32.1. The fraction of sp³-hybridized carbons (Fsp3) is 0.379. The number of amides is 2. The number of carbonyl (C=O) groups excluding carboxylic acids is 2. The third kappa shape index (κ3) is 4.77. The number of methoxy groups -OCH3 is 1. The maximum atomic E-state index is 13.5. The molecular weight excluding hydrogens is 470 g/mol. The van der Waals surface area contributed by atoms with Crippen LogP contribution in [-0.4, -0.2) is 72.4 Å². The largest absolute Gasteiger partial charge is 0.496 e. The van der Waals surface area contributed by atoms with Gasteiger partial charge in [0.15, 0.2) is 0 Å². The van der Waals surface area contributed by atoms with Crippen molar-refractivity contribution in [3.8, 4) is 5.75 Å². The molecule has 188 valence electrons. The van der Waals surface area contributed by atoms with Gasteiger partial charge in [-0.3, -0.25) is 14.5 Å². The van der Waals surface area contributed by atoms with Gasteiger partial charge in [-0.25, -0.2) is 0 Å². The lowest BCUT2D eigenvalue weighted by atomic mass is 9.92. The van der Waals surface area contributed by atoms with Crippen molar-refractivity contribution in [2.45, 2.75) is 32.4 Å². The molecule has 6 nitrogen and oxygen atoms in total. The van der Waals surface area contributed by atoms with E-state index in [4.69, 9.17) is 4.74 Å². The van der Waals surface area contributed by atoms with E-state index in [0.29, 0.717) is 37.5 Å². The first kappa shape index (κ1) is 24.5. The number of para-hydroxylation sites is 1. The highest BCUT2D eigenvalue weighted by Gasteiger charge is 2.35. The van der Waals surface area contributed by atoms with E-state index < -0.39 is 0 Å². The summed E-state index contributed by atoms with van der Waals surface area (Å²) in [7, 11) is 1.58. The van der Waals surface area contributed by atoms with Crippen LogP contribution in [0.4, 0.5) is 0 Å². The van der Waals surface area contributed by atoms with Crippen LogP contribution < -0.4 is 4.74 Å². The fourth-order valence-corrected chi connectivity index (χ4v) is 6.32. The number of aryl methyl sites for hydroxylation is 1.